The largest absolute Gasteiger partial charge is 0.477 e. The topological polar surface area (TPSA) is 65.3 Å². The minimum atomic E-state index is -1.45. The number of carboxylic acids is 1. The first-order valence-electron chi connectivity index (χ1n) is 9.18. The molecule has 3 aromatic rings. The minimum Gasteiger partial charge on any atom is -0.477 e. The van der Waals surface area contributed by atoms with Crippen LogP contribution < -0.4 is 10.5 Å². The number of halogens is 2. The molecule has 0 unspecified atom stereocenters. The van der Waals surface area contributed by atoms with Gasteiger partial charge >= 0.3 is 5.97 Å². The maximum absolute atomic E-state index is 15.7. The Kier molecular flexibility index (Phi) is 4.79. The molecule has 1 aromatic carbocycles. The molecular formula is C21H19F2N3O3. The Bertz CT molecular complexity index is 1150. The number of nitrogens with zero attached hydrogens (tertiary/aromatic N) is 3. The predicted octanol–water partition coefficient (Wildman–Crippen LogP) is 2.69. The highest BCUT2D eigenvalue weighted by molar-refractivity contribution is 5.93. The van der Waals surface area contributed by atoms with Crippen LogP contribution in [0.25, 0.3) is 16.6 Å². The fourth-order valence-electron chi connectivity index (χ4n) is 3.69. The van der Waals surface area contributed by atoms with Crippen LogP contribution in [0.2, 0.25) is 0 Å². The maximum atomic E-state index is 15.7. The fraction of sp³-hybridized carbons (Fsp3) is 0.238. The van der Waals surface area contributed by atoms with E-state index >= 15 is 4.39 Å². The second-order valence-corrected chi connectivity index (χ2v) is 7.10. The van der Waals surface area contributed by atoms with Gasteiger partial charge in [0.15, 0.2) is 11.6 Å². The van der Waals surface area contributed by atoms with E-state index in [1.807, 2.05) is 7.05 Å². The number of likely N-dealkylation sites (N-methyl/N-ethyl adjacent to an activating group) is 1. The molecular weight excluding hydrogens is 380 g/mol. The minimum absolute atomic E-state index is 0.137. The zero-order chi connectivity index (χ0) is 20.7. The van der Waals surface area contributed by atoms with Gasteiger partial charge in [-0.05, 0) is 18.7 Å². The van der Waals surface area contributed by atoms with Crippen molar-refractivity contribution < 1.29 is 18.7 Å². The average Bonchev–Trinajstić information content (AvgIpc) is 2.70. The van der Waals surface area contributed by atoms with Crippen LogP contribution in [0.3, 0.4) is 0 Å². The van der Waals surface area contributed by atoms with E-state index < -0.39 is 28.7 Å². The quantitative estimate of drug-likeness (QED) is 0.734. The van der Waals surface area contributed by atoms with E-state index in [1.54, 1.807) is 35.2 Å². The van der Waals surface area contributed by atoms with Crippen LogP contribution in [0, 0.1) is 11.6 Å². The third-order valence-electron chi connectivity index (χ3n) is 5.25. The molecule has 0 atom stereocenters. The lowest BCUT2D eigenvalue weighted by Crippen LogP contribution is -2.45. The van der Waals surface area contributed by atoms with E-state index in [2.05, 4.69) is 4.90 Å². The molecule has 1 fully saturated rings. The lowest BCUT2D eigenvalue weighted by atomic mass is 10.0. The van der Waals surface area contributed by atoms with Crippen LogP contribution in [-0.2, 0) is 0 Å². The Labute approximate surface area is 165 Å². The normalized spacial score (nSPS) is 15.1. The summed E-state index contributed by atoms with van der Waals surface area (Å²) in [7, 11) is 1.94. The number of piperazine rings is 1. The maximum Gasteiger partial charge on any atom is 0.341 e. The summed E-state index contributed by atoms with van der Waals surface area (Å²) in [5.41, 5.74) is -1.11. The smallest absolute Gasteiger partial charge is 0.341 e. The lowest BCUT2D eigenvalue weighted by molar-refractivity contribution is 0.0694. The number of aromatic nitrogens is 1. The molecule has 4 rings (SSSR count). The molecule has 1 aliphatic rings. The molecule has 8 heteroatoms. The van der Waals surface area contributed by atoms with Crippen molar-refractivity contribution in [2.45, 2.75) is 0 Å². The fourth-order valence-corrected chi connectivity index (χ4v) is 3.69. The van der Waals surface area contributed by atoms with Gasteiger partial charge < -0.3 is 14.9 Å². The van der Waals surface area contributed by atoms with Crippen molar-refractivity contribution in [3.8, 4) is 11.1 Å². The molecule has 1 aliphatic heterocycles. The van der Waals surface area contributed by atoms with E-state index in [9.17, 15) is 19.1 Å². The highest BCUT2D eigenvalue weighted by Gasteiger charge is 2.26. The van der Waals surface area contributed by atoms with Crippen LogP contribution in [0.4, 0.5) is 14.5 Å². The Morgan fingerprint density at radius 1 is 1.07 bits per heavy atom. The molecule has 0 aliphatic carbocycles. The van der Waals surface area contributed by atoms with E-state index in [4.69, 9.17) is 0 Å². The molecule has 0 radical (unpaired) electrons. The standard InChI is InChI=1S/C21H19F2N3O3/c1-24-7-9-25(10-8-24)19-16(22)12-26-18(17(19)23)14(13-5-3-2-4-6-13)11-15(20(26)27)21(28)29/h2-6,11-12H,7-10H2,1H3,(H,28,29). The number of pyridine rings is 2. The summed E-state index contributed by atoms with van der Waals surface area (Å²) in [6.07, 6.45) is 0.882. The number of benzene rings is 1. The van der Waals surface area contributed by atoms with Crippen LogP contribution in [0.15, 0.2) is 47.4 Å². The number of hydrogen-bond donors (Lipinski definition) is 1. The summed E-state index contributed by atoms with van der Waals surface area (Å²) in [4.78, 5) is 27.8. The third-order valence-corrected chi connectivity index (χ3v) is 5.25. The first-order valence-corrected chi connectivity index (χ1v) is 9.18. The van der Waals surface area contributed by atoms with Crippen molar-refractivity contribution in [2.24, 2.45) is 0 Å². The van der Waals surface area contributed by atoms with E-state index in [-0.39, 0.29) is 16.8 Å². The van der Waals surface area contributed by atoms with Gasteiger partial charge in [-0.25, -0.2) is 13.6 Å². The molecule has 0 spiro atoms. The number of carbonyl (C=O) groups is 1. The Morgan fingerprint density at radius 2 is 1.72 bits per heavy atom. The molecule has 2 aromatic heterocycles. The first-order chi connectivity index (χ1) is 13.9. The van der Waals surface area contributed by atoms with Crippen LogP contribution >= 0.6 is 0 Å². The molecule has 1 saturated heterocycles. The summed E-state index contributed by atoms with van der Waals surface area (Å²) in [6, 6.07) is 9.74. The lowest BCUT2D eigenvalue weighted by Gasteiger charge is -2.34. The first kappa shape index (κ1) is 19.1. The van der Waals surface area contributed by atoms with Gasteiger partial charge in [0.2, 0.25) is 0 Å². The summed E-state index contributed by atoms with van der Waals surface area (Å²) >= 11 is 0. The van der Waals surface area contributed by atoms with Crippen LogP contribution in [-0.4, -0.2) is 53.6 Å². The van der Waals surface area contributed by atoms with Gasteiger partial charge in [-0.1, -0.05) is 30.3 Å². The summed E-state index contributed by atoms with van der Waals surface area (Å²) in [6.45, 7) is 2.19. The van der Waals surface area contributed by atoms with Crippen molar-refractivity contribution in [3.05, 3.63) is 70.1 Å². The Morgan fingerprint density at radius 3 is 2.34 bits per heavy atom. The van der Waals surface area contributed by atoms with Crippen molar-refractivity contribution >= 4 is 17.2 Å². The van der Waals surface area contributed by atoms with Crippen molar-refractivity contribution in [1.29, 1.82) is 0 Å². The Balaban J connectivity index is 2.05. The average molecular weight is 399 g/mol. The van der Waals surface area contributed by atoms with Crippen LogP contribution in [0.1, 0.15) is 10.4 Å². The zero-order valence-electron chi connectivity index (χ0n) is 15.7. The van der Waals surface area contributed by atoms with Gasteiger partial charge in [0.1, 0.15) is 11.3 Å². The van der Waals surface area contributed by atoms with Gasteiger partial charge in [-0.15, -0.1) is 0 Å². The molecule has 0 amide bonds. The summed E-state index contributed by atoms with van der Waals surface area (Å²) < 4.78 is 31.3. The monoisotopic (exact) mass is 399 g/mol. The van der Waals surface area contributed by atoms with Gasteiger partial charge in [0, 0.05) is 31.7 Å². The number of aromatic carboxylic acids is 1. The molecule has 0 saturated carbocycles. The molecule has 1 N–H and O–H groups in total. The molecule has 3 heterocycles. The van der Waals surface area contributed by atoms with Gasteiger partial charge in [-0.2, -0.15) is 0 Å². The van der Waals surface area contributed by atoms with E-state index in [1.165, 1.54) is 0 Å². The number of fused-ring (bicyclic) bond motifs is 1. The second-order valence-electron chi connectivity index (χ2n) is 7.10. The SMILES string of the molecule is CN1CCN(c2c(F)cn3c(=O)c(C(=O)O)cc(-c4ccccc4)c3c2F)CC1. The number of anilines is 1. The highest BCUT2D eigenvalue weighted by Crippen LogP contribution is 2.33. The summed E-state index contributed by atoms with van der Waals surface area (Å²) in [5, 5.41) is 9.40. The van der Waals surface area contributed by atoms with Gasteiger partial charge in [0.05, 0.1) is 11.7 Å². The van der Waals surface area contributed by atoms with Crippen molar-refractivity contribution in [3.63, 3.8) is 0 Å². The van der Waals surface area contributed by atoms with Gasteiger partial charge in [0.25, 0.3) is 5.56 Å². The molecule has 0 bridgehead atoms. The highest BCUT2D eigenvalue weighted by atomic mass is 19.1. The van der Waals surface area contributed by atoms with E-state index in [0.717, 1.165) is 16.7 Å². The van der Waals surface area contributed by atoms with Crippen molar-refractivity contribution in [1.82, 2.24) is 9.30 Å². The number of rotatable bonds is 3. The zero-order valence-corrected chi connectivity index (χ0v) is 15.7. The molecule has 6 nitrogen and oxygen atoms in total. The third kappa shape index (κ3) is 3.25. The summed E-state index contributed by atoms with van der Waals surface area (Å²) in [5.74, 6) is -3.23. The second kappa shape index (κ2) is 7.29. The van der Waals surface area contributed by atoms with Crippen molar-refractivity contribution in [2.75, 3.05) is 38.1 Å². The molecule has 150 valence electrons. The van der Waals surface area contributed by atoms with Gasteiger partial charge in [-0.3, -0.25) is 9.20 Å². The number of carboxylic acid groups (broad SMARTS) is 1. The Hall–Kier alpha value is -3.26. The number of hydrogen-bond acceptors (Lipinski definition) is 4. The predicted molar refractivity (Wildman–Crippen MR) is 106 cm³/mol. The molecule has 29 heavy (non-hydrogen) atoms. The van der Waals surface area contributed by atoms with Crippen LogP contribution in [0.5, 0.6) is 0 Å². The van der Waals surface area contributed by atoms with E-state index in [0.29, 0.717) is 31.7 Å².